The zero-order valence-electron chi connectivity index (χ0n) is 11.7. The van der Waals surface area contributed by atoms with Gasteiger partial charge in [0.25, 0.3) is 10.0 Å². The Bertz CT molecular complexity index is 739. The van der Waals surface area contributed by atoms with Gasteiger partial charge in [-0.05, 0) is 26.0 Å². The van der Waals surface area contributed by atoms with Crippen LogP contribution in [0.1, 0.15) is 27.8 Å². The average molecular weight is 314 g/mol. The Morgan fingerprint density at radius 3 is 2.67 bits per heavy atom. The first kappa shape index (κ1) is 15.3. The summed E-state index contributed by atoms with van der Waals surface area (Å²) in [4.78, 5) is 11.8. The van der Waals surface area contributed by atoms with Crippen molar-refractivity contribution < 1.29 is 26.9 Å². The molecule has 2 heterocycles. The van der Waals surface area contributed by atoms with Crippen LogP contribution in [0.2, 0.25) is 0 Å². The van der Waals surface area contributed by atoms with Gasteiger partial charge in [0.05, 0.1) is 0 Å². The number of furan rings is 1. The minimum Gasteiger partial charge on any atom is -0.453 e. The second-order valence-electron chi connectivity index (χ2n) is 4.29. The molecule has 0 spiro atoms. The number of sulfonamides is 1. The molecule has 0 unspecified atom stereocenters. The largest absolute Gasteiger partial charge is 0.453 e. The van der Waals surface area contributed by atoms with E-state index in [1.165, 1.54) is 33.1 Å². The molecule has 2 aromatic rings. The van der Waals surface area contributed by atoms with Crippen LogP contribution in [0.5, 0.6) is 0 Å². The standard InChI is InChI=1S/C12H14N2O6S/c1-7-11(8(2)20-13-7)21(16,17)14-12(15)10-5-4-9(19-10)6-18-3/h4-5H,6H2,1-3H3,(H,14,15). The van der Waals surface area contributed by atoms with Gasteiger partial charge < -0.3 is 13.7 Å². The van der Waals surface area contributed by atoms with E-state index in [1.54, 1.807) is 0 Å². The van der Waals surface area contributed by atoms with Gasteiger partial charge in [0, 0.05) is 7.11 Å². The Kier molecular flexibility index (Phi) is 4.14. The van der Waals surface area contributed by atoms with Crippen LogP contribution in [0.25, 0.3) is 0 Å². The molecule has 1 amide bonds. The Labute approximate surface area is 121 Å². The molecule has 9 heteroatoms. The number of carbonyl (C=O) groups is 1. The van der Waals surface area contributed by atoms with E-state index in [-0.39, 0.29) is 28.7 Å². The van der Waals surface area contributed by atoms with E-state index in [4.69, 9.17) is 13.7 Å². The monoisotopic (exact) mass is 314 g/mol. The topological polar surface area (TPSA) is 112 Å². The van der Waals surface area contributed by atoms with E-state index >= 15 is 0 Å². The Morgan fingerprint density at radius 1 is 1.38 bits per heavy atom. The van der Waals surface area contributed by atoms with Crippen LogP contribution >= 0.6 is 0 Å². The summed E-state index contributed by atoms with van der Waals surface area (Å²) in [5.74, 6) is -0.487. The summed E-state index contributed by atoms with van der Waals surface area (Å²) in [7, 11) is -2.60. The molecule has 0 bridgehead atoms. The summed E-state index contributed by atoms with van der Waals surface area (Å²) < 4.78 is 41.0. The lowest BCUT2D eigenvalue weighted by molar-refractivity contribution is 0.0945. The number of aromatic nitrogens is 1. The summed E-state index contributed by atoms with van der Waals surface area (Å²) in [6.07, 6.45) is 0. The molecule has 0 radical (unpaired) electrons. The van der Waals surface area contributed by atoms with Crippen molar-refractivity contribution in [3.63, 3.8) is 0 Å². The zero-order chi connectivity index (χ0) is 15.6. The average Bonchev–Trinajstić information content (AvgIpc) is 2.97. The van der Waals surface area contributed by atoms with Crippen molar-refractivity contribution in [1.82, 2.24) is 9.88 Å². The van der Waals surface area contributed by atoms with Crippen molar-refractivity contribution in [3.05, 3.63) is 35.1 Å². The number of carbonyl (C=O) groups excluding carboxylic acids is 1. The van der Waals surface area contributed by atoms with Crippen LogP contribution < -0.4 is 4.72 Å². The van der Waals surface area contributed by atoms with Crippen molar-refractivity contribution in [1.29, 1.82) is 0 Å². The second-order valence-corrected chi connectivity index (χ2v) is 5.91. The molecule has 21 heavy (non-hydrogen) atoms. The number of hydrogen-bond donors (Lipinski definition) is 1. The molecule has 1 N–H and O–H groups in total. The molecular weight excluding hydrogens is 300 g/mol. The quantitative estimate of drug-likeness (QED) is 0.881. The number of methoxy groups -OCH3 is 1. The number of ether oxygens (including phenoxy) is 1. The predicted octanol–water partition coefficient (Wildman–Crippen LogP) is 1.15. The fourth-order valence-electron chi connectivity index (χ4n) is 1.80. The van der Waals surface area contributed by atoms with Crippen molar-refractivity contribution in [3.8, 4) is 0 Å². The van der Waals surface area contributed by atoms with Crippen LogP contribution in [0.15, 0.2) is 26.0 Å². The lowest BCUT2D eigenvalue weighted by Crippen LogP contribution is -2.30. The Morgan fingerprint density at radius 2 is 2.10 bits per heavy atom. The van der Waals surface area contributed by atoms with Gasteiger partial charge in [-0.1, -0.05) is 5.16 Å². The van der Waals surface area contributed by atoms with Crippen molar-refractivity contribution in [2.45, 2.75) is 25.3 Å². The maximum atomic E-state index is 12.2. The van der Waals surface area contributed by atoms with Crippen molar-refractivity contribution in [2.75, 3.05) is 7.11 Å². The molecule has 0 fully saturated rings. The molecule has 0 atom stereocenters. The van der Waals surface area contributed by atoms with Crippen LogP contribution in [0, 0.1) is 13.8 Å². The summed E-state index contributed by atoms with van der Waals surface area (Å²) >= 11 is 0. The van der Waals surface area contributed by atoms with Gasteiger partial charge in [-0.15, -0.1) is 0 Å². The molecule has 0 saturated heterocycles. The normalized spacial score (nSPS) is 11.6. The molecule has 0 aliphatic carbocycles. The van der Waals surface area contributed by atoms with Crippen molar-refractivity contribution in [2.24, 2.45) is 0 Å². The fraction of sp³-hybridized carbons (Fsp3) is 0.333. The molecule has 0 saturated carbocycles. The molecule has 8 nitrogen and oxygen atoms in total. The first-order valence-corrected chi connectivity index (χ1v) is 7.41. The highest BCUT2D eigenvalue weighted by Crippen LogP contribution is 2.19. The third kappa shape index (κ3) is 3.14. The SMILES string of the molecule is COCc1ccc(C(=O)NS(=O)(=O)c2c(C)noc2C)o1. The maximum Gasteiger partial charge on any atom is 0.300 e. The summed E-state index contributed by atoms with van der Waals surface area (Å²) in [5, 5.41) is 3.55. The third-order valence-corrected chi connectivity index (χ3v) is 4.21. The summed E-state index contributed by atoms with van der Waals surface area (Å²) in [6, 6.07) is 2.90. The number of rotatable bonds is 5. The molecule has 114 valence electrons. The lowest BCUT2D eigenvalue weighted by atomic mass is 10.4. The highest BCUT2D eigenvalue weighted by atomic mass is 32.2. The fourth-order valence-corrected chi connectivity index (χ4v) is 3.09. The highest BCUT2D eigenvalue weighted by Gasteiger charge is 2.27. The number of aryl methyl sites for hydroxylation is 2. The van der Waals surface area contributed by atoms with Gasteiger partial charge in [-0.3, -0.25) is 4.79 Å². The number of hydrogen-bond acceptors (Lipinski definition) is 7. The zero-order valence-corrected chi connectivity index (χ0v) is 12.5. The minimum atomic E-state index is -4.08. The Hall–Kier alpha value is -2.13. The van der Waals surface area contributed by atoms with E-state index in [2.05, 4.69) is 5.16 Å². The van der Waals surface area contributed by atoms with E-state index in [9.17, 15) is 13.2 Å². The molecule has 2 rings (SSSR count). The predicted molar refractivity (Wildman–Crippen MR) is 70.1 cm³/mol. The number of amides is 1. The van der Waals surface area contributed by atoms with Crippen LogP contribution in [-0.2, 0) is 21.4 Å². The third-order valence-electron chi connectivity index (χ3n) is 2.64. The van der Waals surface area contributed by atoms with Gasteiger partial charge in [0.15, 0.2) is 16.4 Å². The van der Waals surface area contributed by atoms with Gasteiger partial charge in [-0.25, -0.2) is 13.1 Å². The summed E-state index contributed by atoms with van der Waals surface area (Å²) in [5.41, 5.74) is 0.173. The van der Waals surface area contributed by atoms with Gasteiger partial charge in [-0.2, -0.15) is 0 Å². The molecule has 2 aromatic heterocycles. The smallest absolute Gasteiger partial charge is 0.300 e. The van der Waals surface area contributed by atoms with Crippen LogP contribution in [-0.4, -0.2) is 26.6 Å². The van der Waals surface area contributed by atoms with E-state index in [0.29, 0.717) is 5.76 Å². The molecule has 0 aliphatic heterocycles. The second kappa shape index (κ2) is 5.70. The highest BCUT2D eigenvalue weighted by molar-refractivity contribution is 7.90. The first-order chi connectivity index (χ1) is 9.85. The van der Waals surface area contributed by atoms with Gasteiger partial charge in [0.2, 0.25) is 0 Å². The van der Waals surface area contributed by atoms with Crippen LogP contribution in [0.3, 0.4) is 0 Å². The van der Waals surface area contributed by atoms with E-state index < -0.39 is 15.9 Å². The molecule has 0 aliphatic rings. The first-order valence-electron chi connectivity index (χ1n) is 5.93. The van der Waals surface area contributed by atoms with E-state index in [1.807, 2.05) is 4.72 Å². The lowest BCUT2D eigenvalue weighted by Gasteiger charge is -2.04. The van der Waals surface area contributed by atoms with Gasteiger partial charge in [0.1, 0.15) is 18.1 Å². The van der Waals surface area contributed by atoms with Crippen LogP contribution in [0.4, 0.5) is 0 Å². The minimum absolute atomic E-state index is 0.104. The summed E-state index contributed by atoms with van der Waals surface area (Å²) in [6.45, 7) is 3.10. The molecule has 0 aromatic carbocycles. The number of nitrogens with zero attached hydrogens (tertiary/aromatic N) is 1. The maximum absolute atomic E-state index is 12.2. The van der Waals surface area contributed by atoms with Crippen molar-refractivity contribution >= 4 is 15.9 Å². The number of nitrogens with one attached hydrogen (secondary N) is 1. The van der Waals surface area contributed by atoms with E-state index in [0.717, 1.165) is 0 Å². The molecular formula is C12H14N2O6S. The van der Waals surface area contributed by atoms with Gasteiger partial charge >= 0.3 is 5.91 Å². The Balaban J connectivity index is 2.22.